The molecule has 16 heavy (non-hydrogen) atoms. The van der Waals surface area contributed by atoms with E-state index >= 15 is 0 Å². The quantitative estimate of drug-likeness (QED) is 0.717. The van der Waals surface area contributed by atoms with Gasteiger partial charge in [-0.2, -0.15) is 0 Å². The van der Waals surface area contributed by atoms with Gasteiger partial charge in [0.15, 0.2) is 6.10 Å². The maximum absolute atomic E-state index is 10.8. The van der Waals surface area contributed by atoms with E-state index < -0.39 is 17.7 Å². The van der Waals surface area contributed by atoms with Gasteiger partial charge in [-0.05, 0) is 12.8 Å². The Bertz CT molecular complexity index is 263. The Balaban J connectivity index is 1.87. The van der Waals surface area contributed by atoms with Crippen molar-refractivity contribution < 1.29 is 19.7 Å². The largest absolute Gasteiger partial charge is 0.479 e. The van der Waals surface area contributed by atoms with Gasteiger partial charge >= 0.3 is 5.97 Å². The number of β-amino-alcohol motifs (C(OH)–C–C–N with tert-alkyl or cyclic N) is 1. The fourth-order valence-electron chi connectivity index (χ4n) is 2.60. The topological polar surface area (TPSA) is 70.0 Å². The summed E-state index contributed by atoms with van der Waals surface area (Å²) in [5.74, 6) is -0.914. The maximum atomic E-state index is 10.8. The average molecular weight is 229 g/mol. The number of nitrogens with zero attached hydrogens (tertiary/aromatic N) is 1. The minimum absolute atomic E-state index is 0.387. The first-order valence-corrected chi connectivity index (χ1v) is 5.88. The molecular weight excluding hydrogens is 210 g/mol. The molecule has 0 aromatic carbocycles. The Labute approximate surface area is 95.0 Å². The molecule has 1 heterocycles. The summed E-state index contributed by atoms with van der Waals surface area (Å²) in [5, 5.41) is 19.1. The van der Waals surface area contributed by atoms with Crippen LogP contribution in [0.4, 0.5) is 0 Å². The van der Waals surface area contributed by atoms with E-state index in [1.165, 1.54) is 0 Å². The third-order valence-electron chi connectivity index (χ3n) is 3.48. The highest BCUT2D eigenvalue weighted by Crippen LogP contribution is 2.30. The van der Waals surface area contributed by atoms with Crippen molar-refractivity contribution in [2.24, 2.45) is 0 Å². The van der Waals surface area contributed by atoms with E-state index in [1.54, 1.807) is 0 Å². The van der Waals surface area contributed by atoms with Crippen molar-refractivity contribution in [2.75, 3.05) is 26.2 Å². The van der Waals surface area contributed by atoms with Crippen molar-refractivity contribution in [3.05, 3.63) is 0 Å². The number of aliphatic carboxylic acids is 1. The summed E-state index contributed by atoms with van der Waals surface area (Å²) < 4.78 is 5.14. The Morgan fingerprint density at radius 3 is 2.75 bits per heavy atom. The smallest absolute Gasteiger partial charge is 0.334 e. The van der Waals surface area contributed by atoms with Gasteiger partial charge < -0.3 is 14.9 Å². The second-order valence-electron chi connectivity index (χ2n) is 4.86. The van der Waals surface area contributed by atoms with Gasteiger partial charge in [0.1, 0.15) is 0 Å². The van der Waals surface area contributed by atoms with Gasteiger partial charge in [0.05, 0.1) is 12.2 Å². The molecule has 1 aliphatic carbocycles. The highest BCUT2D eigenvalue weighted by atomic mass is 16.5. The van der Waals surface area contributed by atoms with Crippen LogP contribution in [0.5, 0.6) is 0 Å². The molecule has 2 fully saturated rings. The van der Waals surface area contributed by atoms with Crippen molar-refractivity contribution in [1.29, 1.82) is 0 Å². The van der Waals surface area contributed by atoms with Crippen molar-refractivity contribution in [2.45, 2.75) is 37.4 Å². The first kappa shape index (κ1) is 11.8. The molecule has 0 bridgehead atoms. The molecule has 0 spiro atoms. The molecule has 2 rings (SSSR count). The summed E-state index contributed by atoms with van der Waals surface area (Å²) in [6.07, 6.45) is 3.08. The third-order valence-corrected chi connectivity index (χ3v) is 3.48. The molecule has 92 valence electrons. The average Bonchev–Trinajstić information content (AvgIpc) is 2.65. The fraction of sp³-hybridized carbons (Fsp3) is 0.909. The Kier molecular flexibility index (Phi) is 3.47. The lowest BCUT2D eigenvalue weighted by molar-refractivity contribution is -0.157. The second-order valence-corrected chi connectivity index (χ2v) is 4.86. The monoisotopic (exact) mass is 229 g/mol. The van der Waals surface area contributed by atoms with Crippen molar-refractivity contribution >= 4 is 5.97 Å². The summed E-state index contributed by atoms with van der Waals surface area (Å²) in [4.78, 5) is 12.8. The zero-order valence-electron chi connectivity index (χ0n) is 9.39. The summed E-state index contributed by atoms with van der Waals surface area (Å²) in [6.45, 7) is 2.12. The van der Waals surface area contributed by atoms with Crippen LogP contribution in [-0.2, 0) is 9.53 Å². The lowest BCUT2D eigenvalue weighted by atomic mass is 10.0. The summed E-state index contributed by atoms with van der Waals surface area (Å²) >= 11 is 0. The predicted octanol–water partition coefficient (Wildman–Crippen LogP) is 0.0769. The normalized spacial score (nSPS) is 30.4. The summed E-state index contributed by atoms with van der Waals surface area (Å²) in [7, 11) is 0. The van der Waals surface area contributed by atoms with Gasteiger partial charge in [-0.15, -0.1) is 0 Å². The number of carbonyl (C=O) groups is 1. The fourth-order valence-corrected chi connectivity index (χ4v) is 2.60. The van der Waals surface area contributed by atoms with E-state index in [1.807, 2.05) is 4.90 Å². The molecule has 1 aliphatic heterocycles. The molecule has 2 N–H and O–H groups in total. The zero-order chi connectivity index (χ0) is 11.6. The molecule has 0 amide bonds. The third kappa shape index (κ3) is 2.72. The van der Waals surface area contributed by atoms with Gasteiger partial charge in [-0.3, -0.25) is 4.90 Å². The van der Waals surface area contributed by atoms with Gasteiger partial charge in [0.25, 0.3) is 0 Å². The lowest BCUT2D eigenvalue weighted by Crippen LogP contribution is -2.51. The lowest BCUT2D eigenvalue weighted by Gasteiger charge is -2.35. The predicted molar refractivity (Wildman–Crippen MR) is 57.2 cm³/mol. The van der Waals surface area contributed by atoms with E-state index in [9.17, 15) is 9.90 Å². The van der Waals surface area contributed by atoms with E-state index in [0.717, 1.165) is 25.7 Å². The van der Waals surface area contributed by atoms with E-state index in [-0.39, 0.29) is 0 Å². The number of hydrogen-bond donors (Lipinski definition) is 2. The first-order valence-electron chi connectivity index (χ1n) is 5.88. The molecule has 5 heteroatoms. The van der Waals surface area contributed by atoms with Crippen LogP contribution in [0.25, 0.3) is 0 Å². The summed E-state index contributed by atoms with van der Waals surface area (Å²) in [5.41, 5.74) is -0.597. The minimum atomic E-state index is -0.914. The number of hydrogen-bond acceptors (Lipinski definition) is 4. The van der Waals surface area contributed by atoms with Crippen LogP contribution in [0.1, 0.15) is 25.7 Å². The minimum Gasteiger partial charge on any atom is -0.479 e. The van der Waals surface area contributed by atoms with E-state index in [2.05, 4.69) is 0 Å². The first-order chi connectivity index (χ1) is 7.59. The SMILES string of the molecule is O=C(O)C1CN(CC2(O)CCCC2)CCO1. The highest BCUT2D eigenvalue weighted by Gasteiger charge is 2.35. The van der Waals surface area contributed by atoms with Gasteiger partial charge in [-0.25, -0.2) is 4.79 Å². The second kappa shape index (κ2) is 4.69. The van der Waals surface area contributed by atoms with Crippen molar-refractivity contribution in [3.8, 4) is 0 Å². The van der Waals surface area contributed by atoms with Crippen LogP contribution >= 0.6 is 0 Å². The molecule has 1 unspecified atom stereocenters. The number of aliphatic hydroxyl groups is 1. The molecule has 1 atom stereocenters. The Hall–Kier alpha value is -0.650. The van der Waals surface area contributed by atoms with Crippen LogP contribution < -0.4 is 0 Å². The molecule has 2 aliphatic rings. The standard InChI is InChI=1S/C11H19NO4/c13-10(14)9-7-12(5-6-16-9)8-11(15)3-1-2-4-11/h9,15H,1-8H2,(H,13,14). The molecular formula is C11H19NO4. The maximum Gasteiger partial charge on any atom is 0.334 e. The van der Waals surface area contributed by atoms with E-state index in [0.29, 0.717) is 26.2 Å². The number of carboxylic acid groups (broad SMARTS) is 1. The van der Waals surface area contributed by atoms with E-state index in [4.69, 9.17) is 9.84 Å². The highest BCUT2D eigenvalue weighted by molar-refractivity contribution is 5.72. The molecule has 1 saturated heterocycles. The molecule has 0 aromatic heterocycles. The zero-order valence-corrected chi connectivity index (χ0v) is 9.39. The van der Waals surface area contributed by atoms with Crippen LogP contribution in [0.15, 0.2) is 0 Å². The molecule has 0 radical (unpaired) electrons. The molecule has 5 nitrogen and oxygen atoms in total. The van der Waals surface area contributed by atoms with Crippen LogP contribution in [0.2, 0.25) is 0 Å². The van der Waals surface area contributed by atoms with Crippen LogP contribution in [-0.4, -0.2) is 59.0 Å². The van der Waals surface area contributed by atoms with Crippen LogP contribution in [0.3, 0.4) is 0 Å². The van der Waals surface area contributed by atoms with Crippen molar-refractivity contribution in [1.82, 2.24) is 4.90 Å². The molecule has 0 aromatic rings. The van der Waals surface area contributed by atoms with Gasteiger partial charge in [0, 0.05) is 19.6 Å². The molecule has 1 saturated carbocycles. The number of ether oxygens (including phenoxy) is 1. The number of morpholine rings is 1. The van der Waals surface area contributed by atoms with Gasteiger partial charge in [0.2, 0.25) is 0 Å². The number of carboxylic acids is 1. The Morgan fingerprint density at radius 2 is 2.12 bits per heavy atom. The van der Waals surface area contributed by atoms with Crippen LogP contribution in [0, 0.1) is 0 Å². The van der Waals surface area contributed by atoms with Gasteiger partial charge in [-0.1, -0.05) is 12.8 Å². The summed E-state index contributed by atoms with van der Waals surface area (Å²) in [6, 6.07) is 0. The van der Waals surface area contributed by atoms with Crippen molar-refractivity contribution in [3.63, 3.8) is 0 Å². The Morgan fingerprint density at radius 1 is 1.44 bits per heavy atom. The number of rotatable bonds is 3.